The lowest BCUT2D eigenvalue weighted by Crippen LogP contribution is -2.32. The molecule has 0 fully saturated rings. The standard InChI is InChI=1S/C23H23N3O4/c1-2-26-12-21(24-14-26)20(11-22(27)28)25-23(29)30-13-19-17-9-5-3-7-15(17)16-8-4-6-10-18(16)19/h3-10,12,14,19-20H,2,11,13H2,1H3,(H,25,29)(H,27,28)/t20-/m0/s1. The fourth-order valence-corrected chi connectivity index (χ4v) is 3.92. The highest BCUT2D eigenvalue weighted by Gasteiger charge is 2.29. The number of carbonyl (C=O) groups is 2. The van der Waals surface area contributed by atoms with E-state index >= 15 is 0 Å². The fourth-order valence-electron chi connectivity index (χ4n) is 3.92. The van der Waals surface area contributed by atoms with Crippen molar-refractivity contribution in [1.29, 1.82) is 0 Å². The molecule has 4 rings (SSSR count). The number of ether oxygens (including phenoxy) is 1. The van der Waals surface area contributed by atoms with Gasteiger partial charge in [-0.3, -0.25) is 4.79 Å². The van der Waals surface area contributed by atoms with Gasteiger partial charge in [0.2, 0.25) is 0 Å². The first-order chi connectivity index (χ1) is 14.6. The van der Waals surface area contributed by atoms with E-state index in [-0.39, 0.29) is 18.9 Å². The highest BCUT2D eigenvalue weighted by molar-refractivity contribution is 5.79. The van der Waals surface area contributed by atoms with Crippen molar-refractivity contribution < 1.29 is 19.4 Å². The van der Waals surface area contributed by atoms with Crippen LogP contribution in [0.4, 0.5) is 4.79 Å². The number of nitrogens with zero attached hydrogens (tertiary/aromatic N) is 2. The quantitative estimate of drug-likeness (QED) is 0.621. The van der Waals surface area contributed by atoms with E-state index in [1.165, 1.54) is 0 Å². The molecule has 1 amide bonds. The molecule has 0 saturated heterocycles. The van der Waals surface area contributed by atoms with Crippen LogP contribution in [0.15, 0.2) is 61.1 Å². The maximum atomic E-state index is 12.5. The number of aromatic nitrogens is 2. The first-order valence-corrected chi connectivity index (χ1v) is 9.91. The Morgan fingerprint density at radius 2 is 1.77 bits per heavy atom. The maximum absolute atomic E-state index is 12.5. The molecule has 154 valence electrons. The van der Waals surface area contributed by atoms with Crippen LogP contribution in [0.1, 0.15) is 42.1 Å². The summed E-state index contributed by atoms with van der Waals surface area (Å²) < 4.78 is 7.35. The SMILES string of the molecule is CCn1cnc([C@H](CC(=O)O)NC(=O)OCC2c3ccccc3-c3ccccc32)c1. The Labute approximate surface area is 174 Å². The number of aliphatic carboxylic acids is 1. The Balaban J connectivity index is 1.47. The van der Waals surface area contributed by atoms with Crippen LogP contribution in [-0.4, -0.2) is 33.3 Å². The van der Waals surface area contributed by atoms with E-state index in [2.05, 4.69) is 22.4 Å². The van der Waals surface area contributed by atoms with Crippen molar-refractivity contribution in [1.82, 2.24) is 14.9 Å². The van der Waals surface area contributed by atoms with Gasteiger partial charge in [-0.15, -0.1) is 0 Å². The first-order valence-electron chi connectivity index (χ1n) is 9.91. The number of rotatable bonds is 7. The molecule has 1 atom stereocenters. The molecule has 1 aliphatic carbocycles. The van der Waals surface area contributed by atoms with Crippen molar-refractivity contribution in [3.05, 3.63) is 77.9 Å². The monoisotopic (exact) mass is 405 g/mol. The number of aryl methyl sites for hydroxylation is 1. The molecular formula is C23H23N3O4. The van der Waals surface area contributed by atoms with E-state index in [0.29, 0.717) is 12.2 Å². The van der Waals surface area contributed by atoms with E-state index in [9.17, 15) is 14.7 Å². The van der Waals surface area contributed by atoms with Crippen LogP contribution in [0, 0.1) is 0 Å². The summed E-state index contributed by atoms with van der Waals surface area (Å²) in [5, 5.41) is 11.9. The van der Waals surface area contributed by atoms with Crippen LogP contribution in [0.2, 0.25) is 0 Å². The molecule has 0 bridgehead atoms. The van der Waals surface area contributed by atoms with Crippen molar-refractivity contribution >= 4 is 12.1 Å². The predicted molar refractivity (Wildman–Crippen MR) is 111 cm³/mol. The zero-order chi connectivity index (χ0) is 21.1. The van der Waals surface area contributed by atoms with Crippen LogP contribution in [-0.2, 0) is 16.1 Å². The lowest BCUT2D eigenvalue weighted by Gasteiger charge is -2.18. The van der Waals surface area contributed by atoms with Crippen molar-refractivity contribution in [2.24, 2.45) is 0 Å². The summed E-state index contributed by atoms with van der Waals surface area (Å²) in [6.07, 6.45) is 2.42. The van der Waals surface area contributed by atoms with Crippen molar-refractivity contribution in [3.63, 3.8) is 0 Å². The van der Waals surface area contributed by atoms with Crippen molar-refractivity contribution in [2.75, 3.05) is 6.61 Å². The molecule has 2 aromatic carbocycles. The van der Waals surface area contributed by atoms with E-state index in [1.54, 1.807) is 12.5 Å². The number of carboxylic acids is 1. The Kier molecular flexibility index (Phi) is 5.52. The second-order valence-electron chi connectivity index (χ2n) is 7.25. The van der Waals surface area contributed by atoms with Crippen LogP contribution in [0.5, 0.6) is 0 Å². The largest absolute Gasteiger partial charge is 0.481 e. The highest BCUT2D eigenvalue weighted by Crippen LogP contribution is 2.44. The maximum Gasteiger partial charge on any atom is 0.407 e. The smallest absolute Gasteiger partial charge is 0.407 e. The predicted octanol–water partition coefficient (Wildman–Crippen LogP) is 3.96. The average Bonchev–Trinajstić information content (AvgIpc) is 3.35. The molecule has 1 aromatic heterocycles. The number of carboxylic acid groups (broad SMARTS) is 1. The summed E-state index contributed by atoms with van der Waals surface area (Å²) in [6.45, 7) is 2.83. The Bertz CT molecular complexity index is 1030. The number of carbonyl (C=O) groups excluding carboxylic acids is 1. The van der Waals surface area contributed by atoms with Gasteiger partial charge in [0.15, 0.2) is 0 Å². The lowest BCUT2D eigenvalue weighted by atomic mass is 9.98. The molecule has 2 N–H and O–H groups in total. The third kappa shape index (κ3) is 3.91. The number of hydrogen-bond acceptors (Lipinski definition) is 4. The minimum Gasteiger partial charge on any atom is -0.481 e. The van der Waals surface area contributed by atoms with Crippen molar-refractivity contribution in [3.8, 4) is 11.1 Å². The van der Waals surface area contributed by atoms with Gasteiger partial charge in [-0.05, 0) is 29.2 Å². The summed E-state index contributed by atoms with van der Waals surface area (Å²) in [5.41, 5.74) is 5.03. The van der Waals surface area contributed by atoms with Gasteiger partial charge in [-0.25, -0.2) is 9.78 Å². The van der Waals surface area contributed by atoms with Gasteiger partial charge in [-0.1, -0.05) is 48.5 Å². The number of benzene rings is 2. The molecule has 0 saturated carbocycles. The molecule has 7 heteroatoms. The fraction of sp³-hybridized carbons (Fsp3) is 0.261. The molecule has 7 nitrogen and oxygen atoms in total. The third-order valence-corrected chi connectivity index (χ3v) is 5.39. The van der Waals surface area contributed by atoms with Gasteiger partial charge in [0.05, 0.1) is 24.5 Å². The Morgan fingerprint density at radius 3 is 2.33 bits per heavy atom. The normalized spacial score (nSPS) is 13.4. The molecule has 3 aromatic rings. The highest BCUT2D eigenvalue weighted by atomic mass is 16.5. The van der Waals surface area contributed by atoms with E-state index in [0.717, 1.165) is 22.3 Å². The number of amides is 1. The second-order valence-corrected chi connectivity index (χ2v) is 7.25. The number of fused-ring (bicyclic) bond motifs is 3. The number of imidazole rings is 1. The molecular weight excluding hydrogens is 382 g/mol. The van der Waals surface area contributed by atoms with Gasteiger partial charge in [0.1, 0.15) is 6.61 Å². The molecule has 0 radical (unpaired) electrons. The average molecular weight is 405 g/mol. The van der Waals surface area contributed by atoms with Gasteiger partial charge < -0.3 is 19.7 Å². The topological polar surface area (TPSA) is 93.5 Å². The van der Waals surface area contributed by atoms with Gasteiger partial charge in [0, 0.05) is 18.7 Å². The summed E-state index contributed by atoms with van der Waals surface area (Å²) >= 11 is 0. The molecule has 0 aliphatic heterocycles. The molecule has 30 heavy (non-hydrogen) atoms. The second kappa shape index (κ2) is 8.41. The van der Waals surface area contributed by atoms with Crippen LogP contribution in [0.3, 0.4) is 0 Å². The van der Waals surface area contributed by atoms with Crippen LogP contribution in [0.25, 0.3) is 11.1 Å². The van der Waals surface area contributed by atoms with Gasteiger partial charge in [0.25, 0.3) is 0 Å². The number of alkyl carbamates (subject to hydrolysis) is 1. The summed E-state index contributed by atoms with van der Waals surface area (Å²) in [7, 11) is 0. The lowest BCUT2D eigenvalue weighted by molar-refractivity contribution is -0.137. The minimum absolute atomic E-state index is 0.0552. The molecule has 1 heterocycles. The Morgan fingerprint density at radius 1 is 1.13 bits per heavy atom. The van der Waals surface area contributed by atoms with E-state index < -0.39 is 18.1 Å². The van der Waals surface area contributed by atoms with Crippen LogP contribution >= 0.6 is 0 Å². The van der Waals surface area contributed by atoms with Gasteiger partial charge in [-0.2, -0.15) is 0 Å². The van der Waals surface area contributed by atoms with Crippen molar-refractivity contribution in [2.45, 2.75) is 31.8 Å². The number of hydrogen-bond donors (Lipinski definition) is 2. The number of nitrogens with one attached hydrogen (secondary N) is 1. The van der Waals surface area contributed by atoms with Gasteiger partial charge >= 0.3 is 12.1 Å². The zero-order valence-corrected chi connectivity index (χ0v) is 16.6. The van der Waals surface area contributed by atoms with E-state index in [4.69, 9.17) is 4.74 Å². The Hall–Kier alpha value is -3.61. The molecule has 0 unspecified atom stereocenters. The summed E-state index contributed by atoms with van der Waals surface area (Å²) in [4.78, 5) is 28.0. The summed E-state index contributed by atoms with van der Waals surface area (Å²) in [5.74, 6) is -1.08. The minimum atomic E-state index is -1.02. The zero-order valence-electron chi connectivity index (χ0n) is 16.6. The molecule has 1 aliphatic rings. The van der Waals surface area contributed by atoms with E-state index in [1.807, 2.05) is 47.9 Å². The van der Waals surface area contributed by atoms with Crippen LogP contribution < -0.4 is 5.32 Å². The molecule has 0 spiro atoms. The first kappa shape index (κ1) is 19.7. The summed E-state index contributed by atoms with van der Waals surface area (Å²) in [6, 6.07) is 15.4. The third-order valence-electron chi connectivity index (χ3n) is 5.39.